The molecule has 4 rings (SSSR count). The van der Waals surface area contributed by atoms with Crippen LogP contribution in [0.25, 0.3) is 21.8 Å². The van der Waals surface area contributed by atoms with Crippen LogP contribution < -0.4 is 5.73 Å². The van der Waals surface area contributed by atoms with Crippen LogP contribution in [-0.4, -0.2) is 10.5 Å². The third-order valence-electron chi connectivity index (χ3n) is 4.24. The summed E-state index contributed by atoms with van der Waals surface area (Å²) in [5, 5.41) is 2.20. The van der Waals surface area contributed by atoms with Crippen molar-refractivity contribution in [3.05, 3.63) is 83.9 Å². The molecule has 1 amide bonds. The van der Waals surface area contributed by atoms with Crippen molar-refractivity contribution in [1.82, 2.24) is 4.57 Å². The molecule has 0 aliphatic carbocycles. The van der Waals surface area contributed by atoms with Crippen molar-refractivity contribution in [3.63, 3.8) is 0 Å². The molecule has 0 radical (unpaired) electrons. The zero-order valence-corrected chi connectivity index (χ0v) is 12.6. The Morgan fingerprint density at radius 2 is 1.52 bits per heavy atom. The monoisotopic (exact) mass is 300 g/mol. The van der Waals surface area contributed by atoms with Crippen LogP contribution in [0.4, 0.5) is 0 Å². The van der Waals surface area contributed by atoms with Gasteiger partial charge in [-0.25, -0.2) is 0 Å². The van der Waals surface area contributed by atoms with Crippen LogP contribution in [0.1, 0.15) is 15.9 Å². The molecule has 0 saturated heterocycles. The van der Waals surface area contributed by atoms with Gasteiger partial charge in [0.1, 0.15) is 0 Å². The molecule has 4 aromatic rings. The number of benzene rings is 3. The Morgan fingerprint density at radius 3 is 2.30 bits per heavy atom. The number of hydrogen-bond acceptors (Lipinski definition) is 1. The number of nitrogens with two attached hydrogens (primary N) is 1. The largest absolute Gasteiger partial charge is 0.366 e. The molecule has 1 aromatic heterocycles. The molecule has 0 fully saturated rings. The molecule has 3 aromatic carbocycles. The third kappa shape index (κ3) is 2.18. The van der Waals surface area contributed by atoms with Crippen molar-refractivity contribution >= 4 is 27.7 Å². The van der Waals surface area contributed by atoms with Crippen molar-refractivity contribution in [2.75, 3.05) is 0 Å². The average Bonchev–Trinajstić information content (AvgIpc) is 2.90. The van der Waals surface area contributed by atoms with E-state index in [1.54, 1.807) is 6.07 Å². The predicted octanol–water partition coefficient (Wildman–Crippen LogP) is 3.94. The molecular weight excluding hydrogens is 284 g/mol. The summed E-state index contributed by atoms with van der Waals surface area (Å²) in [7, 11) is 0. The quantitative estimate of drug-likeness (QED) is 0.612. The molecule has 0 unspecified atom stereocenters. The van der Waals surface area contributed by atoms with Gasteiger partial charge < -0.3 is 10.3 Å². The lowest BCUT2D eigenvalue weighted by atomic mass is 10.1. The molecule has 0 aliphatic rings. The van der Waals surface area contributed by atoms with E-state index in [4.69, 9.17) is 5.73 Å². The van der Waals surface area contributed by atoms with Crippen LogP contribution >= 0.6 is 0 Å². The molecule has 0 atom stereocenters. The first-order valence-electron chi connectivity index (χ1n) is 7.59. The normalized spacial score (nSPS) is 11.1. The number of nitrogens with zero attached hydrogens (tertiary/aromatic N) is 1. The predicted molar refractivity (Wildman–Crippen MR) is 93.5 cm³/mol. The fourth-order valence-electron chi connectivity index (χ4n) is 3.24. The fourth-order valence-corrected chi connectivity index (χ4v) is 3.24. The lowest BCUT2D eigenvalue weighted by Gasteiger charge is -2.09. The first-order chi connectivity index (χ1) is 11.3. The zero-order valence-electron chi connectivity index (χ0n) is 12.6. The van der Waals surface area contributed by atoms with Crippen LogP contribution in [-0.2, 0) is 6.54 Å². The summed E-state index contributed by atoms with van der Waals surface area (Å²) in [6.07, 6.45) is 0. The number of carbonyl (C=O) groups is 1. The van der Waals surface area contributed by atoms with Crippen molar-refractivity contribution < 1.29 is 4.79 Å². The smallest absolute Gasteiger partial charge is 0.250 e. The molecule has 112 valence electrons. The highest BCUT2D eigenvalue weighted by Gasteiger charge is 2.16. The minimum Gasteiger partial charge on any atom is -0.366 e. The Bertz CT molecular complexity index is 1020. The molecule has 0 spiro atoms. The summed E-state index contributed by atoms with van der Waals surface area (Å²) in [5.41, 5.74) is 9.38. The van der Waals surface area contributed by atoms with Crippen molar-refractivity contribution in [3.8, 4) is 0 Å². The Morgan fingerprint density at radius 1 is 0.826 bits per heavy atom. The zero-order chi connectivity index (χ0) is 15.8. The lowest BCUT2D eigenvalue weighted by Crippen LogP contribution is -2.13. The molecule has 0 aliphatic heterocycles. The average molecular weight is 300 g/mol. The second kappa shape index (κ2) is 5.29. The van der Waals surface area contributed by atoms with Crippen molar-refractivity contribution in [2.45, 2.75) is 6.54 Å². The lowest BCUT2D eigenvalue weighted by molar-refractivity contribution is 0.100. The number of rotatable bonds is 3. The Hall–Kier alpha value is -3.07. The Labute approximate surface area is 134 Å². The van der Waals surface area contributed by atoms with Crippen LogP contribution in [0.5, 0.6) is 0 Å². The van der Waals surface area contributed by atoms with Gasteiger partial charge in [-0.3, -0.25) is 4.79 Å². The van der Waals surface area contributed by atoms with E-state index in [9.17, 15) is 4.79 Å². The van der Waals surface area contributed by atoms with Gasteiger partial charge >= 0.3 is 0 Å². The topological polar surface area (TPSA) is 48.0 Å². The summed E-state index contributed by atoms with van der Waals surface area (Å²) in [4.78, 5) is 11.9. The maximum atomic E-state index is 11.9. The van der Waals surface area contributed by atoms with Gasteiger partial charge in [0.15, 0.2) is 0 Å². The van der Waals surface area contributed by atoms with Crippen LogP contribution in [0.15, 0.2) is 72.8 Å². The fraction of sp³-hybridized carbons (Fsp3) is 0.0500. The third-order valence-corrected chi connectivity index (χ3v) is 4.24. The Kier molecular flexibility index (Phi) is 3.12. The van der Waals surface area contributed by atoms with Crippen LogP contribution in [0.3, 0.4) is 0 Å². The summed E-state index contributed by atoms with van der Waals surface area (Å²) in [6.45, 7) is 0.704. The van der Waals surface area contributed by atoms with E-state index in [2.05, 4.69) is 28.8 Å². The number of amides is 1. The highest BCUT2D eigenvalue weighted by molar-refractivity contribution is 6.15. The molecule has 0 bridgehead atoms. The summed E-state index contributed by atoms with van der Waals surface area (Å²) >= 11 is 0. The van der Waals surface area contributed by atoms with Gasteiger partial charge in [-0.05, 0) is 17.7 Å². The van der Waals surface area contributed by atoms with Crippen molar-refractivity contribution in [2.24, 2.45) is 5.73 Å². The van der Waals surface area contributed by atoms with Gasteiger partial charge in [-0.15, -0.1) is 0 Å². The molecular formula is C20H16N2O. The molecule has 23 heavy (non-hydrogen) atoms. The van der Waals surface area contributed by atoms with Crippen molar-refractivity contribution in [1.29, 1.82) is 0 Å². The van der Waals surface area contributed by atoms with Gasteiger partial charge in [-0.2, -0.15) is 0 Å². The van der Waals surface area contributed by atoms with Crippen LogP contribution in [0.2, 0.25) is 0 Å². The molecule has 2 N–H and O–H groups in total. The summed E-state index contributed by atoms with van der Waals surface area (Å²) < 4.78 is 2.18. The number of fused-ring (bicyclic) bond motifs is 3. The minimum atomic E-state index is -0.396. The van der Waals surface area contributed by atoms with E-state index >= 15 is 0 Å². The number of carbonyl (C=O) groups excluding carboxylic acids is 1. The van der Waals surface area contributed by atoms with E-state index in [-0.39, 0.29) is 0 Å². The molecule has 1 heterocycles. The van der Waals surface area contributed by atoms with E-state index in [1.807, 2.05) is 42.5 Å². The molecule has 3 heteroatoms. The number of para-hydroxylation sites is 2. The van der Waals surface area contributed by atoms with Gasteiger partial charge in [0.25, 0.3) is 5.91 Å². The van der Waals surface area contributed by atoms with Gasteiger partial charge in [0.05, 0.1) is 11.1 Å². The SMILES string of the molecule is NC(=O)c1cccc2c3ccccc3n(Cc3ccccc3)c12. The van der Waals surface area contributed by atoms with Gasteiger partial charge in [0.2, 0.25) is 0 Å². The molecule has 3 nitrogen and oxygen atoms in total. The van der Waals surface area contributed by atoms with E-state index in [0.717, 1.165) is 21.8 Å². The first kappa shape index (κ1) is 13.6. The second-order valence-corrected chi connectivity index (χ2v) is 5.65. The highest BCUT2D eigenvalue weighted by atomic mass is 16.1. The number of primary amides is 1. The van der Waals surface area contributed by atoms with Crippen LogP contribution in [0, 0.1) is 0 Å². The number of hydrogen-bond donors (Lipinski definition) is 1. The first-order valence-corrected chi connectivity index (χ1v) is 7.59. The van der Waals surface area contributed by atoms with Gasteiger partial charge in [-0.1, -0.05) is 60.7 Å². The summed E-state index contributed by atoms with van der Waals surface area (Å²) in [6, 6.07) is 24.2. The maximum absolute atomic E-state index is 11.9. The maximum Gasteiger partial charge on any atom is 0.250 e. The van der Waals surface area contributed by atoms with Gasteiger partial charge in [0, 0.05) is 22.8 Å². The second-order valence-electron chi connectivity index (χ2n) is 5.65. The summed E-state index contributed by atoms with van der Waals surface area (Å²) in [5.74, 6) is -0.396. The number of aromatic nitrogens is 1. The van der Waals surface area contributed by atoms with E-state index in [0.29, 0.717) is 12.1 Å². The highest BCUT2D eigenvalue weighted by Crippen LogP contribution is 2.31. The Balaban J connectivity index is 2.08. The van der Waals surface area contributed by atoms with E-state index in [1.165, 1.54) is 5.56 Å². The molecule has 0 saturated carbocycles. The standard InChI is InChI=1S/C20H16N2O/c21-20(23)17-11-6-10-16-15-9-4-5-12-18(15)22(19(16)17)13-14-7-2-1-3-8-14/h1-12H,13H2,(H2,21,23). The minimum absolute atomic E-state index is 0.396. The van der Waals surface area contributed by atoms with E-state index < -0.39 is 5.91 Å².